The molecule has 0 aromatic carbocycles. The van der Waals surface area contributed by atoms with Gasteiger partial charge in [0, 0.05) is 36.3 Å². The van der Waals surface area contributed by atoms with Crippen LogP contribution in [-0.2, 0) is 6.54 Å². The smallest absolute Gasteiger partial charge is 0.259 e. The summed E-state index contributed by atoms with van der Waals surface area (Å²) < 4.78 is 1.71. The fourth-order valence-electron chi connectivity index (χ4n) is 3.65. The molecule has 0 saturated heterocycles. The number of hydrogen-bond donors (Lipinski definition) is 0. The van der Waals surface area contributed by atoms with Gasteiger partial charge in [-0.15, -0.1) is 11.3 Å². The number of rotatable bonds is 5. The van der Waals surface area contributed by atoms with Gasteiger partial charge in [-0.2, -0.15) is 0 Å². The number of hydrogen-bond acceptors (Lipinski definition) is 4. The number of nitrogens with zero attached hydrogens (tertiary/aromatic N) is 3. The van der Waals surface area contributed by atoms with E-state index >= 15 is 0 Å². The molecule has 1 aliphatic rings. The Morgan fingerprint density at radius 1 is 1.35 bits per heavy atom. The number of aryl methyl sites for hydroxylation is 1. The van der Waals surface area contributed by atoms with E-state index < -0.39 is 0 Å². The first kappa shape index (κ1) is 16.7. The predicted octanol–water partition coefficient (Wildman–Crippen LogP) is 3.86. The summed E-state index contributed by atoms with van der Waals surface area (Å²) in [7, 11) is 0. The molecule has 23 heavy (non-hydrogen) atoms. The molecule has 1 fully saturated rings. The molecule has 0 atom stereocenters. The van der Waals surface area contributed by atoms with Crippen LogP contribution in [0.15, 0.2) is 16.2 Å². The van der Waals surface area contributed by atoms with E-state index in [9.17, 15) is 4.79 Å². The Labute approximate surface area is 142 Å². The topological polar surface area (TPSA) is 37.6 Å². The summed E-state index contributed by atoms with van der Waals surface area (Å²) in [5.41, 5.74) is 1.94. The molecule has 2 aromatic heterocycles. The second-order valence-electron chi connectivity index (χ2n) is 7.20. The van der Waals surface area contributed by atoms with Gasteiger partial charge >= 0.3 is 0 Å². The quantitative estimate of drug-likeness (QED) is 0.834. The first-order chi connectivity index (χ1) is 11.0. The molecule has 0 unspecified atom stereocenters. The molecule has 126 valence electrons. The normalized spacial score (nSPS) is 16.7. The summed E-state index contributed by atoms with van der Waals surface area (Å²) in [6.07, 6.45) is 6.60. The Kier molecular flexibility index (Phi) is 5.17. The lowest BCUT2D eigenvalue weighted by atomic mass is 9.93. The standard InChI is InChI=1S/C18H27N3OS/c1-13(2)10-20(16-7-5-4-6-8-16)11-15-9-17(22)21-14(3)12-23-18(21)19-15/h9,12-13,16H,4-8,10-11H2,1-3H3. The largest absolute Gasteiger partial charge is 0.294 e. The highest BCUT2D eigenvalue weighted by molar-refractivity contribution is 7.15. The maximum absolute atomic E-state index is 12.4. The molecule has 4 nitrogen and oxygen atoms in total. The second kappa shape index (κ2) is 7.14. The van der Waals surface area contributed by atoms with E-state index in [4.69, 9.17) is 4.98 Å². The van der Waals surface area contributed by atoms with Crippen LogP contribution in [0.3, 0.4) is 0 Å². The van der Waals surface area contributed by atoms with Gasteiger partial charge in [0.1, 0.15) is 0 Å². The molecule has 1 aliphatic carbocycles. The van der Waals surface area contributed by atoms with E-state index in [-0.39, 0.29) is 5.56 Å². The summed E-state index contributed by atoms with van der Waals surface area (Å²) in [6, 6.07) is 2.37. The van der Waals surface area contributed by atoms with Gasteiger partial charge in [0.25, 0.3) is 5.56 Å². The molecule has 0 aliphatic heterocycles. The van der Waals surface area contributed by atoms with E-state index in [1.54, 1.807) is 21.8 Å². The van der Waals surface area contributed by atoms with Crippen molar-refractivity contribution < 1.29 is 0 Å². The van der Waals surface area contributed by atoms with Crippen LogP contribution in [0.25, 0.3) is 4.96 Å². The molecule has 1 saturated carbocycles. The van der Waals surface area contributed by atoms with Crippen LogP contribution in [0, 0.1) is 12.8 Å². The van der Waals surface area contributed by atoms with Crippen LogP contribution in [0.5, 0.6) is 0 Å². The van der Waals surface area contributed by atoms with Gasteiger partial charge in [0.15, 0.2) is 4.96 Å². The summed E-state index contributed by atoms with van der Waals surface area (Å²) >= 11 is 1.55. The van der Waals surface area contributed by atoms with Crippen LogP contribution in [0.1, 0.15) is 57.3 Å². The van der Waals surface area contributed by atoms with Crippen LogP contribution in [-0.4, -0.2) is 26.9 Å². The molecule has 0 radical (unpaired) electrons. The van der Waals surface area contributed by atoms with Crippen molar-refractivity contribution in [2.24, 2.45) is 5.92 Å². The van der Waals surface area contributed by atoms with Crippen LogP contribution in [0.2, 0.25) is 0 Å². The minimum absolute atomic E-state index is 0.0527. The number of thiazole rings is 1. The van der Waals surface area contributed by atoms with Gasteiger partial charge in [-0.1, -0.05) is 33.1 Å². The lowest BCUT2D eigenvalue weighted by molar-refractivity contribution is 0.130. The molecule has 0 amide bonds. The third-order valence-corrected chi connectivity index (χ3v) is 5.63. The van der Waals surface area contributed by atoms with Crippen molar-refractivity contribution in [3.63, 3.8) is 0 Å². The summed E-state index contributed by atoms with van der Waals surface area (Å²) in [4.78, 5) is 20.5. The summed E-state index contributed by atoms with van der Waals surface area (Å²) in [6.45, 7) is 8.37. The Balaban J connectivity index is 1.85. The van der Waals surface area contributed by atoms with E-state index in [2.05, 4.69) is 18.7 Å². The summed E-state index contributed by atoms with van der Waals surface area (Å²) in [5.74, 6) is 0.630. The molecule has 2 heterocycles. The summed E-state index contributed by atoms with van der Waals surface area (Å²) in [5, 5.41) is 2.00. The third-order valence-electron chi connectivity index (χ3n) is 4.68. The van der Waals surface area contributed by atoms with Crippen molar-refractivity contribution in [2.75, 3.05) is 6.54 Å². The molecule has 0 bridgehead atoms. The first-order valence-corrected chi connectivity index (χ1v) is 9.63. The molecule has 0 spiro atoms. The highest BCUT2D eigenvalue weighted by Gasteiger charge is 2.22. The molecule has 2 aromatic rings. The second-order valence-corrected chi connectivity index (χ2v) is 8.03. The maximum atomic E-state index is 12.4. The highest BCUT2D eigenvalue weighted by atomic mass is 32.1. The van der Waals surface area contributed by atoms with Crippen molar-refractivity contribution in [1.82, 2.24) is 14.3 Å². The average Bonchev–Trinajstić information content (AvgIpc) is 2.89. The Hall–Kier alpha value is -1.20. The Morgan fingerprint density at radius 3 is 2.78 bits per heavy atom. The van der Waals surface area contributed by atoms with E-state index in [0.29, 0.717) is 12.0 Å². The van der Waals surface area contributed by atoms with Crippen LogP contribution in [0.4, 0.5) is 0 Å². The van der Waals surface area contributed by atoms with Crippen molar-refractivity contribution >= 4 is 16.3 Å². The number of fused-ring (bicyclic) bond motifs is 1. The third kappa shape index (κ3) is 3.83. The molecule has 0 N–H and O–H groups in total. The lowest BCUT2D eigenvalue weighted by Crippen LogP contribution is -2.39. The van der Waals surface area contributed by atoms with E-state index in [1.165, 1.54) is 32.1 Å². The molecule has 3 rings (SSSR count). The van der Waals surface area contributed by atoms with Crippen LogP contribution < -0.4 is 5.56 Å². The van der Waals surface area contributed by atoms with Gasteiger partial charge in [-0.3, -0.25) is 14.1 Å². The number of aromatic nitrogens is 2. The predicted molar refractivity (Wildman–Crippen MR) is 96.2 cm³/mol. The van der Waals surface area contributed by atoms with Crippen molar-refractivity contribution in [2.45, 2.75) is 65.5 Å². The maximum Gasteiger partial charge on any atom is 0.259 e. The molecular weight excluding hydrogens is 306 g/mol. The first-order valence-electron chi connectivity index (χ1n) is 8.75. The fraction of sp³-hybridized carbons (Fsp3) is 0.667. The van der Waals surface area contributed by atoms with Gasteiger partial charge in [-0.25, -0.2) is 4.98 Å². The highest BCUT2D eigenvalue weighted by Crippen LogP contribution is 2.24. The SMILES string of the molecule is Cc1csc2nc(CN(CC(C)C)C3CCCCC3)cc(=O)n12. The zero-order valence-corrected chi connectivity index (χ0v) is 15.2. The van der Waals surface area contributed by atoms with Gasteiger partial charge < -0.3 is 0 Å². The van der Waals surface area contributed by atoms with Gasteiger partial charge in [-0.05, 0) is 25.7 Å². The Morgan fingerprint density at radius 2 is 2.09 bits per heavy atom. The zero-order valence-electron chi connectivity index (χ0n) is 14.4. The zero-order chi connectivity index (χ0) is 16.4. The Bertz CT molecular complexity index is 713. The van der Waals surface area contributed by atoms with Crippen LogP contribution >= 0.6 is 11.3 Å². The van der Waals surface area contributed by atoms with E-state index in [0.717, 1.165) is 29.4 Å². The van der Waals surface area contributed by atoms with Crippen molar-refractivity contribution in [3.05, 3.63) is 33.2 Å². The van der Waals surface area contributed by atoms with Gasteiger partial charge in [0.2, 0.25) is 0 Å². The fourth-order valence-corrected chi connectivity index (χ4v) is 4.54. The molecular formula is C18H27N3OS. The van der Waals surface area contributed by atoms with Crippen molar-refractivity contribution in [3.8, 4) is 0 Å². The minimum Gasteiger partial charge on any atom is -0.294 e. The lowest BCUT2D eigenvalue weighted by Gasteiger charge is -2.35. The average molecular weight is 334 g/mol. The van der Waals surface area contributed by atoms with Gasteiger partial charge in [0.05, 0.1) is 5.69 Å². The monoisotopic (exact) mass is 333 g/mol. The molecule has 5 heteroatoms. The minimum atomic E-state index is 0.0527. The van der Waals surface area contributed by atoms with Crippen molar-refractivity contribution in [1.29, 1.82) is 0 Å². The van der Waals surface area contributed by atoms with E-state index in [1.807, 2.05) is 12.3 Å².